The van der Waals surface area contributed by atoms with E-state index in [1.807, 2.05) is 18.2 Å². The molecule has 3 aromatic carbocycles. The Bertz CT molecular complexity index is 1250. The summed E-state index contributed by atoms with van der Waals surface area (Å²) in [7, 11) is -2.13. The molecular weight excluding hydrogens is 460 g/mol. The first-order valence-corrected chi connectivity index (χ1v) is 13.6. The van der Waals surface area contributed by atoms with E-state index in [-0.39, 0.29) is 29.5 Å². The number of benzene rings is 3. The maximum absolute atomic E-state index is 13.6. The summed E-state index contributed by atoms with van der Waals surface area (Å²) in [4.78, 5) is 2.55. The lowest BCUT2D eigenvalue weighted by Gasteiger charge is -2.57. The van der Waals surface area contributed by atoms with E-state index in [1.54, 1.807) is 28.6 Å². The van der Waals surface area contributed by atoms with Crippen LogP contribution in [0.25, 0.3) is 11.1 Å². The monoisotopic (exact) mass is 492 g/mol. The second-order valence-corrected chi connectivity index (χ2v) is 11.3. The molecule has 2 saturated heterocycles. The summed E-state index contributed by atoms with van der Waals surface area (Å²) in [5, 5.41) is 10.2. The third-order valence-electron chi connectivity index (χ3n) is 7.41. The highest BCUT2D eigenvalue weighted by Gasteiger charge is 2.50. The molecule has 3 atom stereocenters. The van der Waals surface area contributed by atoms with Crippen molar-refractivity contribution < 1.29 is 18.3 Å². The highest BCUT2D eigenvalue weighted by atomic mass is 32.2. The Labute approximate surface area is 207 Å². The van der Waals surface area contributed by atoms with Crippen LogP contribution in [0.4, 0.5) is 0 Å². The van der Waals surface area contributed by atoms with Crippen molar-refractivity contribution in [2.24, 2.45) is 0 Å². The van der Waals surface area contributed by atoms with Crippen molar-refractivity contribution in [2.75, 3.05) is 33.4 Å². The predicted octanol–water partition coefficient (Wildman–Crippen LogP) is 3.98. The number of aliphatic hydroxyl groups is 1. The molecule has 0 saturated carbocycles. The molecule has 3 aromatic rings. The van der Waals surface area contributed by atoms with Crippen molar-refractivity contribution in [1.29, 1.82) is 0 Å². The first-order chi connectivity index (χ1) is 17.0. The number of methoxy groups -OCH3 is 1. The van der Waals surface area contributed by atoms with Gasteiger partial charge in [-0.2, -0.15) is 4.31 Å². The molecule has 0 bridgehead atoms. The van der Waals surface area contributed by atoms with Crippen molar-refractivity contribution in [1.82, 2.24) is 9.21 Å². The van der Waals surface area contributed by atoms with E-state index in [2.05, 4.69) is 41.3 Å². The molecule has 7 heteroatoms. The molecule has 35 heavy (non-hydrogen) atoms. The number of hydrogen-bond acceptors (Lipinski definition) is 5. The third kappa shape index (κ3) is 4.61. The number of aliphatic hydroxyl groups excluding tert-OH is 1. The van der Waals surface area contributed by atoms with Gasteiger partial charge in [-0.3, -0.25) is 4.90 Å². The van der Waals surface area contributed by atoms with Gasteiger partial charge in [0.25, 0.3) is 0 Å². The lowest BCUT2D eigenvalue weighted by molar-refractivity contribution is -0.0553. The molecule has 2 aliphatic heterocycles. The molecule has 0 radical (unpaired) electrons. The summed E-state index contributed by atoms with van der Waals surface area (Å²) >= 11 is 0. The second kappa shape index (κ2) is 10.1. The number of hydrogen-bond donors (Lipinski definition) is 1. The van der Waals surface area contributed by atoms with Gasteiger partial charge < -0.3 is 9.84 Å². The van der Waals surface area contributed by atoms with Gasteiger partial charge in [0.2, 0.25) is 10.0 Å². The Morgan fingerprint density at radius 2 is 1.63 bits per heavy atom. The molecule has 6 nitrogen and oxygen atoms in total. The molecule has 0 spiro atoms. The van der Waals surface area contributed by atoms with Gasteiger partial charge in [-0.25, -0.2) is 8.42 Å². The summed E-state index contributed by atoms with van der Waals surface area (Å²) in [5.41, 5.74) is 3.45. The van der Waals surface area contributed by atoms with E-state index in [0.29, 0.717) is 18.8 Å². The average Bonchev–Trinajstić information content (AvgIpc) is 2.88. The van der Waals surface area contributed by atoms with E-state index in [0.717, 1.165) is 36.1 Å². The summed E-state index contributed by atoms with van der Waals surface area (Å²) in [6.07, 6.45) is 1.69. The Kier molecular flexibility index (Phi) is 6.93. The molecule has 1 N–H and O–H groups in total. The smallest absolute Gasteiger partial charge is 0.243 e. The minimum absolute atomic E-state index is 0.00190. The zero-order valence-corrected chi connectivity index (χ0v) is 20.8. The van der Waals surface area contributed by atoms with Gasteiger partial charge in [-0.05, 0) is 48.2 Å². The standard InChI is InChI=1S/C28H32N2O4S/c1-34-24-10-7-11-25(18-24)35(32,33)29-16-5-6-17-30-26(19-29)28(27(30)20-31)23-14-12-22(13-15-23)21-8-3-2-4-9-21/h2-4,7-15,18,26-28,31H,5-6,16-17,19-20H2,1H3/t26-,27-,28-/m0/s1. The van der Waals surface area contributed by atoms with E-state index >= 15 is 0 Å². The Morgan fingerprint density at radius 1 is 0.914 bits per heavy atom. The van der Waals surface area contributed by atoms with E-state index in [9.17, 15) is 13.5 Å². The zero-order chi connectivity index (χ0) is 24.4. The maximum Gasteiger partial charge on any atom is 0.243 e. The van der Waals surface area contributed by atoms with Crippen LogP contribution in [-0.2, 0) is 10.0 Å². The van der Waals surface area contributed by atoms with Crippen molar-refractivity contribution >= 4 is 10.0 Å². The van der Waals surface area contributed by atoms with Crippen molar-refractivity contribution in [3.05, 3.63) is 84.4 Å². The maximum atomic E-state index is 13.6. The van der Waals surface area contributed by atoms with Crippen LogP contribution in [0.1, 0.15) is 24.3 Å². The normalized spacial score (nSPS) is 23.5. The molecular formula is C28H32N2O4S. The fraction of sp³-hybridized carbons (Fsp3) is 0.357. The summed E-state index contributed by atoms with van der Waals surface area (Å²) in [5.74, 6) is 0.603. The van der Waals surface area contributed by atoms with Crippen LogP contribution in [0.2, 0.25) is 0 Å². The SMILES string of the molecule is COc1cccc(S(=O)(=O)N2CCCCN3[C@@H](CO)[C@@H](c4ccc(-c5ccccc5)cc4)[C@@H]3C2)c1. The number of ether oxygens (including phenoxy) is 1. The van der Waals surface area contributed by atoms with Gasteiger partial charge in [-0.1, -0.05) is 60.7 Å². The van der Waals surface area contributed by atoms with Crippen LogP contribution >= 0.6 is 0 Å². The second-order valence-electron chi connectivity index (χ2n) is 9.32. The minimum atomic E-state index is -3.67. The largest absolute Gasteiger partial charge is 0.497 e. The Morgan fingerprint density at radius 3 is 2.34 bits per heavy atom. The van der Waals surface area contributed by atoms with Crippen LogP contribution in [0, 0.1) is 0 Å². The summed E-state index contributed by atoms with van der Waals surface area (Å²) < 4.78 is 34.1. The lowest BCUT2D eigenvalue weighted by Crippen LogP contribution is -2.67. The van der Waals surface area contributed by atoms with Gasteiger partial charge in [-0.15, -0.1) is 0 Å². The number of rotatable bonds is 6. The Hall–Kier alpha value is -2.71. The molecule has 0 amide bonds. The van der Waals surface area contributed by atoms with Crippen LogP contribution in [0.3, 0.4) is 0 Å². The van der Waals surface area contributed by atoms with Crippen LogP contribution < -0.4 is 4.74 Å². The fourth-order valence-electron chi connectivity index (χ4n) is 5.57. The van der Waals surface area contributed by atoms with Crippen LogP contribution in [-0.4, -0.2) is 68.2 Å². The average molecular weight is 493 g/mol. The number of sulfonamides is 1. The van der Waals surface area contributed by atoms with Gasteiger partial charge >= 0.3 is 0 Å². The summed E-state index contributed by atoms with van der Waals surface area (Å²) in [6, 6.07) is 25.5. The molecule has 2 fully saturated rings. The minimum Gasteiger partial charge on any atom is -0.497 e. The van der Waals surface area contributed by atoms with Gasteiger partial charge in [0.15, 0.2) is 0 Å². The van der Waals surface area contributed by atoms with E-state index in [4.69, 9.17) is 4.74 Å². The van der Waals surface area contributed by atoms with Crippen molar-refractivity contribution in [3.63, 3.8) is 0 Å². The first-order valence-electron chi connectivity index (χ1n) is 12.2. The van der Waals surface area contributed by atoms with E-state index < -0.39 is 10.0 Å². The van der Waals surface area contributed by atoms with E-state index in [1.165, 1.54) is 7.11 Å². The molecule has 0 aromatic heterocycles. The molecule has 2 aliphatic rings. The van der Waals surface area contributed by atoms with Crippen LogP contribution in [0.5, 0.6) is 5.75 Å². The quantitative estimate of drug-likeness (QED) is 0.564. The van der Waals surface area contributed by atoms with Crippen molar-refractivity contribution in [3.8, 4) is 16.9 Å². The Balaban J connectivity index is 1.42. The highest BCUT2D eigenvalue weighted by molar-refractivity contribution is 7.89. The summed E-state index contributed by atoms with van der Waals surface area (Å²) in [6.45, 7) is 1.83. The molecule has 0 unspecified atom stereocenters. The highest BCUT2D eigenvalue weighted by Crippen LogP contribution is 2.43. The topological polar surface area (TPSA) is 70.1 Å². The third-order valence-corrected chi connectivity index (χ3v) is 9.28. The number of fused-ring (bicyclic) bond motifs is 1. The lowest BCUT2D eigenvalue weighted by atomic mass is 9.74. The van der Waals surface area contributed by atoms with Gasteiger partial charge in [0.1, 0.15) is 5.75 Å². The van der Waals surface area contributed by atoms with Crippen LogP contribution in [0.15, 0.2) is 83.8 Å². The molecule has 2 heterocycles. The molecule has 0 aliphatic carbocycles. The first kappa shape index (κ1) is 24.0. The van der Waals surface area contributed by atoms with Gasteiger partial charge in [0, 0.05) is 37.2 Å². The van der Waals surface area contributed by atoms with Crippen molar-refractivity contribution in [2.45, 2.75) is 35.7 Å². The molecule has 5 rings (SSSR count). The fourth-order valence-corrected chi connectivity index (χ4v) is 7.10. The predicted molar refractivity (Wildman–Crippen MR) is 137 cm³/mol. The number of nitrogens with zero attached hydrogens (tertiary/aromatic N) is 2. The zero-order valence-electron chi connectivity index (χ0n) is 20.0. The van der Waals surface area contributed by atoms with Gasteiger partial charge in [0.05, 0.1) is 18.6 Å². The molecule has 184 valence electrons.